The van der Waals surface area contributed by atoms with Crippen molar-refractivity contribution in [3.63, 3.8) is 0 Å². The number of hydrogen-bond acceptors (Lipinski definition) is 3. The minimum absolute atomic E-state index is 0.114. The van der Waals surface area contributed by atoms with Crippen molar-refractivity contribution in [2.75, 3.05) is 46.9 Å². The molecular formula is C14H27N3O2. The Kier molecular flexibility index (Phi) is 6.87. The van der Waals surface area contributed by atoms with E-state index in [4.69, 9.17) is 4.74 Å². The summed E-state index contributed by atoms with van der Waals surface area (Å²) in [6.45, 7) is 9.64. The Balaban J connectivity index is 2.10. The van der Waals surface area contributed by atoms with Crippen molar-refractivity contribution in [3.05, 3.63) is 12.2 Å². The summed E-state index contributed by atoms with van der Waals surface area (Å²) in [4.78, 5) is 15.3. The number of carbonyl (C=O) groups is 1. The quantitative estimate of drug-likeness (QED) is 0.584. The first-order valence-corrected chi connectivity index (χ1v) is 6.92. The molecule has 0 aromatic rings. The molecule has 110 valence electrons. The molecule has 0 unspecified atom stereocenters. The fraction of sp³-hybridized carbons (Fsp3) is 0.786. The minimum Gasteiger partial charge on any atom is -0.376 e. The lowest BCUT2D eigenvalue weighted by atomic mass is 10.1. The Morgan fingerprint density at radius 2 is 2.05 bits per heavy atom. The first-order valence-electron chi connectivity index (χ1n) is 6.92. The van der Waals surface area contributed by atoms with E-state index in [1.54, 1.807) is 19.0 Å². The minimum atomic E-state index is 0.114. The largest absolute Gasteiger partial charge is 0.376 e. The van der Waals surface area contributed by atoms with Crippen LogP contribution in [0.25, 0.3) is 0 Å². The maximum Gasteiger partial charge on any atom is 0.319 e. The van der Waals surface area contributed by atoms with Crippen LogP contribution in [0.15, 0.2) is 12.2 Å². The summed E-state index contributed by atoms with van der Waals surface area (Å²) >= 11 is 0. The zero-order chi connectivity index (χ0) is 14.3. The molecule has 0 spiro atoms. The predicted molar refractivity (Wildman–Crippen MR) is 77.3 cm³/mol. The van der Waals surface area contributed by atoms with Gasteiger partial charge in [-0.15, -0.1) is 0 Å². The zero-order valence-electron chi connectivity index (χ0n) is 12.4. The van der Waals surface area contributed by atoms with Gasteiger partial charge in [0.1, 0.15) is 0 Å². The fourth-order valence-corrected chi connectivity index (χ4v) is 2.14. The van der Waals surface area contributed by atoms with Crippen LogP contribution in [0.1, 0.15) is 19.8 Å². The molecule has 2 amide bonds. The van der Waals surface area contributed by atoms with Crippen LogP contribution < -0.4 is 5.32 Å². The number of rotatable bonds is 6. The standard InChI is InChI=1S/C14H27N3O2/c1-12(2)11-19-10-7-15-13-5-8-17(9-6-13)14(18)16(3)4/h13,15H,1,5-11H2,2-4H3. The smallest absolute Gasteiger partial charge is 0.319 e. The molecule has 1 aliphatic rings. The molecular weight excluding hydrogens is 242 g/mol. The highest BCUT2D eigenvalue weighted by atomic mass is 16.5. The van der Waals surface area contributed by atoms with Gasteiger partial charge in [0.25, 0.3) is 0 Å². The summed E-state index contributed by atoms with van der Waals surface area (Å²) in [7, 11) is 3.59. The van der Waals surface area contributed by atoms with Crippen molar-refractivity contribution < 1.29 is 9.53 Å². The number of nitrogens with zero attached hydrogens (tertiary/aromatic N) is 2. The van der Waals surface area contributed by atoms with Crippen molar-refractivity contribution >= 4 is 6.03 Å². The van der Waals surface area contributed by atoms with Crippen LogP contribution in [0.4, 0.5) is 4.79 Å². The molecule has 0 aliphatic carbocycles. The molecule has 0 atom stereocenters. The monoisotopic (exact) mass is 269 g/mol. The van der Waals surface area contributed by atoms with Gasteiger partial charge in [0.2, 0.25) is 0 Å². The summed E-state index contributed by atoms with van der Waals surface area (Å²) in [6.07, 6.45) is 2.03. The lowest BCUT2D eigenvalue weighted by Gasteiger charge is -2.34. The number of piperidine rings is 1. The molecule has 1 rings (SSSR count). The van der Waals surface area contributed by atoms with E-state index in [1.807, 2.05) is 11.8 Å². The Morgan fingerprint density at radius 3 is 2.58 bits per heavy atom. The average molecular weight is 269 g/mol. The third-order valence-electron chi connectivity index (χ3n) is 3.18. The second kappa shape index (κ2) is 8.17. The van der Waals surface area contributed by atoms with E-state index in [1.165, 1.54) is 0 Å². The molecule has 1 saturated heterocycles. The van der Waals surface area contributed by atoms with E-state index in [0.29, 0.717) is 19.3 Å². The zero-order valence-corrected chi connectivity index (χ0v) is 12.4. The van der Waals surface area contributed by atoms with E-state index in [-0.39, 0.29) is 6.03 Å². The lowest BCUT2D eigenvalue weighted by Crippen LogP contribution is -2.48. The van der Waals surface area contributed by atoms with E-state index in [2.05, 4.69) is 11.9 Å². The average Bonchev–Trinajstić information content (AvgIpc) is 2.37. The number of likely N-dealkylation sites (tertiary alicyclic amines) is 1. The van der Waals surface area contributed by atoms with E-state index in [9.17, 15) is 4.79 Å². The van der Waals surface area contributed by atoms with Gasteiger partial charge in [-0.2, -0.15) is 0 Å². The van der Waals surface area contributed by atoms with Gasteiger partial charge in [-0.3, -0.25) is 0 Å². The van der Waals surface area contributed by atoms with Crippen LogP contribution in [-0.4, -0.2) is 68.8 Å². The third-order valence-corrected chi connectivity index (χ3v) is 3.18. The molecule has 0 aromatic carbocycles. The van der Waals surface area contributed by atoms with Gasteiger partial charge in [-0.05, 0) is 19.8 Å². The van der Waals surface area contributed by atoms with Gasteiger partial charge < -0.3 is 19.9 Å². The molecule has 1 N–H and O–H groups in total. The molecule has 0 bridgehead atoms. The molecule has 19 heavy (non-hydrogen) atoms. The van der Waals surface area contributed by atoms with Gasteiger partial charge in [0.05, 0.1) is 13.2 Å². The highest BCUT2D eigenvalue weighted by Gasteiger charge is 2.23. The van der Waals surface area contributed by atoms with Crippen LogP contribution in [-0.2, 0) is 4.74 Å². The third kappa shape index (κ3) is 6.07. The summed E-state index contributed by atoms with van der Waals surface area (Å²) in [5.41, 5.74) is 1.05. The molecule has 1 fully saturated rings. The number of carbonyl (C=O) groups excluding carboxylic acids is 1. The molecule has 5 heteroatoms. The van der Waals surface area contributed by atoms with Crippen LogP contribution in [0, 0.1) is 0 Å². The van der Waals surface area contributed by atoms with Gasteiger partial charge in [-0.1, -0.05) is 12.2 Å². The maximum atomic E-state index is 11.8. The molecule has 5 nitrogen and oxygen atoms in total. The maximum absolute atomic E-state index is 11.8. The normalized spacial score (nSPS) is 16.5. The first kappa shape index (κ1) is 16.0. The number of urea groups is 1. The van der Waals surface area contributed by atoms with Gasteiger partial charge in [0, 0.05) is 39.8 Å². The van der Waals surface area contributed by atoms with Crippen molar-refractivity contribution in [3.8, 4) is 0 Å². The molecule has 0 radical (unpaired) electrons. The number of hydrogen-bond donors (Lipinski definition) is 1. The summed E-state index contributed by atoms with van der Waals surface area (Å²) < 4.78 is 5.44. The van der Waals surface area contributed by atoms with Gasteiger partial charge in [0.15, 0.2) is 0 Å². The van der Waals surface area contributed by atoms with Gasteiger partial charge in [-0.25, -0.2) is 4.79 Å². The number of ether oxygens (including phenoxy) is 1. The van der Waals surface area contributed by atoms with Crippen molar-refractivity contribution in [2.45, 2.75) is 25.8 Å². The van der Waals surface area contributed by atoms with Crippen molar-refractivity contribution in [1.82, 2.24) is 15.1 Å². The summed E-state index contributed by atoms with van der Waals surface area (Å²) in [6, 6.07) is 0.614. The Labute approximate surface area is 116 Å². The SMILES string of the molecule is C=C(C)COCCNC1CCN(C(=O)N(C)C)CC1. The Hall–Kier alpha value is -1.07. The summed E-state index contributed by atoms with van der Waals surface area (Å²) in [5.74, 6) is 0. The molecule has 0 saturated carbocycles. The molecule has 0 aromatic heterocycles. The highest BCUT2D eigenvalue weighted by molar-refractivity contribution is 5.73. The van der Waals surface area contributed by atoms with E-state index < -0.39 is 0 Å². The van der Waals surface area contributed by atoms with Crippen LogP contribution >= 0.6 is 0 Å². The fourth-order valence-electron chi connectivity index (χ4n) is 2.14. The number of nitrogens with one attached hydrogen (secondary N) is 1. The Bertz CT molecular complexity index is 297. The summed E-state index contributed by atoms with van der Waals surface area (Å²) in [5, 5.41) is 3.48. The first-order chi connectivity index (χ1) is 9.00. The lowest BCUT2D eigenvalue weighted by molar-refractivity contribution is 0.139. The van der Waals surface area contributed by atoms with E-state index in [0.717, 1.165) is 38.0 Å². The topological polar surface area (TPSA) is 44.8 Å². The van der Waals surface area contributed by atoms with Crippen LogP contribution in [0.2, 0.25) is 0 Å². The molecule has 1 aliphatic heterocycles. The highest BCUT2D eigenvalue weighted by Crippen LogP contribution is 2.11. The molecule has 1 heterocycles. The predicted octanol–water partition coefficient (Wildman–Crippen LogP) is 1.31. The van der Waals surface area contributed by atoms with Crippen LogP contribution in [0.5, 0.6) is 0 Å². The van der Waals surface area contributed by atoms with Crippen molar-refractivity contribution in [2.24, 2.45) is 0 Å². The number of amides is 2. The second-order valence-corrected chi connectivity index (χ2v) is 5.40. The second-order valence-electron chi connectivity index (χ2n) is 5.40. The van der Waals surface area contributed by atoms with Crippen LogP contribution in [0.3, 0.4) is 0 Å². The van der Waals surface area contributed by atoms with Crippen molar-refractivity contribution in [1.29, 1.82) is 0 Å². The Morgan fingerprint density at radius 1 is 1.42 bits per heavy atom. The van der Waals surface area contributed by atoms with E-state index >= 15 is 0 Å². The van der Waals surface area contributed by atoms with Gasteiger partial charge >= 0.3 is 6.03 Å².